The lowest BCUT2D eigenvalue weighted by atomic mass is 9.89. The normalized spacial score (nSPS) is 18.0. The summed E-state index contributed by atoms with van der Waals surface area (Å²) in [6.07, 6.45) is -1.27. The van der Waals surface area contributed by atoms with E-state index in [1.54, 1.807) is 91.4 Å². The Labute approximate surface area is 614 Å². The Kier molecular flexibility index (Phi) is 35.1. The number of nitrogens with zero attached hydrogens (tertiary/aromatic N) is 3. The Balaban J connectivity index is 1.12. The molecule has 0 aliphatic carbocycles. The number of carbonyl (C=O) groups excluding carboxylic acids is 12. The van der Waals surface area contributed by atoms with Crippen LogP contribution in [-0.4, -0.2) is 226 Å². The van der Waals surface area contributed by atoms with Crippen molar-refractivity contribution in [2.24, 2.45) is 29.4 Å². The minimum Gasteiger partial charge on any atom is -0.464 e. The molecule has 0 radical (unpaired) electrons. The molecule has 2 fully saturated rings. The van der Waals surface area contributed by atoms with Gasteiger partial charge in [-0.05, 0) is 80.4 Å². The number of phosphoric ester groups is 1. The number of benzene rings is 3. The lowest BCUT2D eigenvalue weighted by Crippen LogP contribution is -2.59. The van der Waals surface area contributed by atoms with Crippen LogP contribution < -0.4 is 53.6 Å². The van der Waals surface area contributed by atoms with Gasteiger partial charge in [0.1, 0.15) is 24.2 Å². The van der Waals surface area contributed by atoms with Gasteiger partial charge in [-0.25, -0.2) is 9.36 Å². The molecule has 33 heteroatoms. The number of nitrogens with two attached hydrogens (primary N) is 1. The Morgan fingerprint density at radius 1 is 0.676 bits per heavy atom. The van der Waals surface area contributed by atoms with E-state index in [-0.39, 0.29) is 67.0 Å². The number of likely N-dealkylation sites (tertiary alicyclic amines) is 1. The van der Waals surface area contributed by atoms with E-state index in [0.717, 1.165) is 0 Å². The topological polar surface area (TPSA) is 432 Å². The first-order valence-electron chi connectivity index (χ1n) is 35.3. The molecule has 1 unspecified atom stereocenters. The maximum absolute atomic E-state index is 14.6. The summed E-state index contributed by atoms with van der Waals surface area (Å²) in [5.74, 6) is -8.46. The molecular weight excluding hydrogens is 1380 g/mol. The highest BCUT2D eigenvalue weighted by Crippen LogP contribution is 2.49. The van der Waals surface area contributed by atoms with E-state index in [9.17, 15) is 67.0 Å². The highest BCUT2D eigenvalue weighted by atomic mass is 31.2. The number of ether oxygens (including phenoxy) is 3. The number of amides is 11. The van der Waals surface area contributed by atoms with Gasteiger partial charge in [-0.3, -0.25) is 66.7 Å². The van der Waals surface area contributed by atoms with Gasteiger partial charge in [-0.1, -0.05) is 128 Å². The number of likely N-dealkylation sites (N-methyl/N-ethyl adjacent to an activating group) is 2. The minimum atomic E-state index is -4.92. The number of esters is 1. The molecule has 105 heavy (non-hydrogen) atoms. The number of phosphoric acid groups is 1. The van der Waals surface area contributed by atoms with Gasteiger partial charge in [0.25, 0.3) is 0 Å². The molecule has 0 bridgehead atoms. The maximum atomic E-state index is 14.6. The van der Waals surface area contributed by atoms with Crippen LogP contribution in [0.15, 0.2) is 84.9 Å². The lowest BCUT2D eigenvalue weighted by molar-refractivity contribution is -0.148. The van der Waals surface area contributed by atoms with Crippen LogP contribution in [0.25, 0.3) is 0 Å². The van der Waals surface area contributed by atoms with Crippen molar-refractivity contribution in [3.05, 3.63) is 102 Å². The largest absolute Gasteiger partial charge is 0.473 e. The number of cyclic esters (lactones) is 1. The molecule has 32 nitrogen and oxygen atoms in total. The van der Waals surface area contributed by atoms with E-state index in [1.807, 2.05) is 60.5 Å². The van der Waals surface area contributed by atoms with Crippen LogP contribution in [-0.2, 0) is 98.4 Å². The SMILES string of the molecule is CC[C@H](C)[C@@H]([C@@H](CC(=O)N1CCC[C@H]1[C@H](OC)[C@@H](C)C(=O)N[C@H](C)[C@@H](OP(=O)(O)OCc1ccc(NC(=O)CNC(=O)[C@H](Cc2ccccc2)NC(=O)CNC(=O)CNC(=O)CNC(=O)[C@@H](N)CC(=O)N[C@H]2CCOC2=O)cc1)c1ccccc1)OC)N(C)C(=O)[C@@H](NC(=O)[C@H](C(C)C)N(C)C)C(C)C. The fourth-order valence-corrected chi connectivity index (χ4v) is 13.7. The first kappa shape index (κ1) is 86.9. The zero-order chi connectivity index (χ0) is 77.8. The van der Waals surface area contributed by atoms with Crippen molar-refractivity contribution in [3.63, 3.8) is 0 Å². The highest BCUT2D eigenvalue weighted by molar-refractivity contribution is 7.47. The Bertz CT molecular complexity index is 3460. The van der Waals surface area contributed by atoms with Gasteiger partial charge in [0.2, 0.25) is 65.0 Å². The van der Waals surface area contributed by atoms with Crippen molar-refractivity contribution in [3.8, 4) is 0 Å². The molecular formula is C72H108N13O19P. The Morgan fingerprint density at radius 3 is 1.85 bits per heavy atom. The van der Waals surface area contributed by atoms with Crippen molar-refractivity contribution in [2.75, 3.05) is 80.0 Å². The third-order valence-electron chi connectivity index (χ3n) is 18.5. The first-order chi connectivity index (χ1) is 49.7. The van der Waals surface area contributed by atoms with Gasteiger partial charge < -0.3 is 82.5 Å². The van der Waals surface area contributed by atoms with E-state index < -0.39 is 173 Å². The van der Waals surface area contributed by atoms with Crippen molar-refractivity contribution in [2.45, 2.75) is 174 Å². The van der Waals surface area contributed by atoms with Gasteiger partial charge in [0.05, 0.1) is 101 Å². The molecule has 14 atom stereocenters. The van der Waals surface area contributed by atoms with Gasteiger partial charge in [0, 0.05) is 46.3 Å². The number of rotatable bonds is 42. The smallest absolute Gasteiger partial charge is 0.464 e. The maximum Gasteiger partial charge on any atom is 0.473 e. The number of methoxy groups -OCH3 is 2. The van der Waals surface area contributed by atoms with Crippen LogP contribution >= 0.6 is 7.82 Å². The first-order valence-corrected chi connectivity index (χ1v) is 36.8. The average molecular weight is 1490 g/mol. The number of hydrogen-bond acceptors (Lipinski definition) is 20. The van der Waals surface area contributed by atoms with Crippen molar-refractivity contribution in [1.29, 1.82) is 0 Å². The molecule has 580 valence electrons. The van der Waals surface area contributed by atoms with E-state index in [1.165, 1.54) is 38.5 Å². The van der Waals surface area contributed by atoms with Crippen molar-refractivity contribution < 1.29 is 90.3 Å². The summed E-state index contributed by atoms with van der Waals surface area (Å²) in [7, 11) is 3.39. The fourth-order valence-electron chi connectivity index (χ4n) is 12.7. The molecule has 2 saturated heterocycles. The summed E-state index contributed by atoms with van der Waals surface area (Å²) < 4.78 is 42.1. The van der Waals surface area contributed by atoms with Crippen LogP contribution in [0.3, 0.4) is 0 Å². The molecule has 2 heterocycles. The summed E-state index contributed by atoms with van der Waals surface area (Å²) in [5.41, 5.74) is 7.53. The second kappa shape index (κ2) is 42.4. The molecule has 0 aromatic heterocycles. The van der Waals surface area contributed by atoms with Crippen molar-refractivity contribution >= 4 is 84.5 Å². The summed E-state index contributed by atoms with van der Waals surface area (Å²) >= 11 is 0. The van der Waals surface area contributed by atoms with Gasteiger partial charge in [0.15, 0.2) is 0 Å². The van der Waals surface area contributed by atoms with Crippen LogP contribution in [0.4, 0.5) is 5.69 Å². The van der Waals surface area contributed by atoms with Crippen LogP contribution in [0, 0.1) is 23.7 Å². The quantitative estimate of drug-likeness (QED) is 0.0283. The van der Waals surface area contributed by atoms with Crippen LogP contribution in [0.1, 0.15) is 117 Å². The summed E-state index contributed by atoms with van der Waals surface area (Å²) in [6, 6.07) is 16.4. The third-order valence-corrected chi connectivity index (χ3v) is 19.4. The van der Waals surface area contributed by atoms with E-state index >= 15 is 0 Å². The van der Waals surface area contributed by atoms with Crippen LogP contribution in [0.2, 0.25) is 0 Å². The average Bonchev–Trinajstić information content (AvgIpc) is 1.77. The second-order valence-electron chi connectivity index (χ2n) is 27.4. The summed E-state index contributed by atoms with van der Waals surface area (Å²) in [5, 5.41) is 22.9. The number of anilines is 1. The summed E-state index contributed by atoms with van der Waals surface area (Å²) in [6.45, 7) is 12.7. The number of carbonyl (C=O) groups is 12. The third kappa shape index (κ3) is 27.3. The second-order valence-corrected chi connectivity index (χ2v) is 28.8. The molecule has 3 aromatic rings. The predicted molar refractivity (Wildman–Crippen MR) is 387 cm³/mol. The van der Waals surface area contributed by atoms with E-state index in [2.05, 4.69) is 47.9 Å². The van der Waals surface area contributed by atoms with Gasteiger partial charge >= 0.3 is 13.8 Å². The molecule has 2 aliphatic rings. The summed E-state index contributed by atoms with van der Waals surface area (Å²) in [4.78, 5) is 174. The molecule has 0 saturated carbocycles. The molecule has 5 rings (SSSR count). The van der Waals surface area contributed by atoms with Gasteiger partial charge in [-0.2, -0.15) is 0 Å². The monoisotopic (exact) mass is 1490 g/mol. The minimum absolute atomic E-state index is 0.0102. The molecule has 12 N–H and O–H groups in total. The number of hydrogen-bond donors (Lipinski definition) is 11. The zero-order valence-electron chi connectivity index (χ0n) is 62.3. The van der Waals surface area contributed by atoms with E-state index in [4.69, 9.17) is 29.0 Å². The number of nitrogens with one attached hydrogen (secondary N) is 9. The predicted octanol–water partition coefficient (Wildman–Crippen LogP) is 1.49. The fraction of sp³-hybridized carbons (Fsp3) is 0.583. The Morgan fingerprint density at radius 2 is 1.28 bits per heavy atom. The zero-order valence-corrected chi connectivity index (χ0v) is 63.2. The molecule has 3 aromatic carbocycles. The van der Waals surface area contributed by atoms with Crippen LogP contribution in [0.5, 0.6) is 0 Å². The standard InChI is InChI=1S/C72H108N13O19P/c1-14-44(6)64(84(11)71(96)62(42(2)3)82-70(95)63(43(4)5)83(9)10)55(100-12)36-61(91)85-32-21-26-54(85)65(101-13)45(7)67(92)78-46(8)66(49-24-19-16-20-25-49)104-105(98,99)103-41-48-27-29-50(30-28-48)79-59(89)40-77-69(94)53(34-47-22-17-15-18-23-47)81-60(90)39-75-57(87)37-74-58(88)38-76-68(93)51(73)35-56(86)80-52-31-33-102-72(52)97/h15-20,22-25,27-30,42-46,51-55,62-66H,14,21,26,31-41,73H2,1-13H3,(H,74,88)(H,75,87)(H,76,93)(H,77,94)(H,78,92)(H,79,89)(H,80,86)(H,81,90)(H,82,95)(H,98,99)/t44-,45+,46+,51-,52-,53-,54-,55+,62-,63-,64-,65+,66+/m0/s1. The molecule has 11 amide bonds. The van der Waals surface area contributed by atoms with Gasteiger partial charge in [-0.15, -0.1) is 0 Å². The molecule has 2 aliphatic heterocycles. The molecule has 0 spiro atoms. The van der Waals surface area contributed by atoms with Crippen molar-refractivity contribution in [1.82, 2.24) is 57.2 Å². The lowest BCUT2D eigenvalue weighted by Gasteiger charge is -2.41. The Hall–Kier alpha value is -8.75. The highest BCUT2D eigenvalue weighted by Gasteiger charge is 2.44. The van der Waals surface area contributed by atoms with E-state index in [0.29, 0.717) is 42.5 Å².